The van der Waals surface area contributed by atoms with E-state index in [2.05, 4.69) is 24.1 Å². The van der Waals surface area contributed by atoms with Gasteiger partial charge in [0, 0.05) is 37.3 Å². The molecule has 0 radical (unpaired) electrons. The molecule has 0 bridgehead atoms. The zero-order valence-corrected chi connectivity index (χ0v) is 14.0. The summed E-state index contributed by atoms with van der Waals surface area (Å²) in [5.74, 6) is 1.48. The number of hydrogen-bond acceptors (Lipinski definition) is 4. The first-order valence-electron chi connectivity index (χ1n) is 7.52. The van der Waals surface area contributed by atoms with Gasteiger partial charge in [0.05, 0.1) is 24.9 Å². The smallest absolute Gasteiger partial charge is 0.143 e. The number of hydrogen-bond donors (Lipinski definition) is 1. The minimum Gasteiger partial charge on any atom is -0.495 e. The molecule has 2 atom stereocenters. The van der Waals surface area contributed by atoms with E-state index in [1.54, 1.807) is 14.2 Å². The maximum absolute atomic E-state index is 6.20. The van der Waals surface area contributed by atoms with Crippen molar-refractivity contribution in [1.29, 1.82) is 0 Å². The quantitative estimate of drug-likeness (QED) is 0.904. The molecule has 1 N–H and O–H groups in total. The Hall–Kier alpha value is -1.13. The van der Waals surface area contributed by atoms with Gasteiger partial charge in [-0.3, -0.25) is 0 Å². The monoisotopic (exact) mass is 312 g/mol. The highest BCUT2D eigenvalue weighted by Crippen LogP contribution is 2.39. The van der Waals surface area contributed by atoms with Crippen molar-refractivity contribution in [1.82, 2.24) is 5.32 Å². The number of nitrogens with one attached hydrogen (secondary N) is 1. The lowest BCUT2D eigenvalue weighted by atomic mass is 10.0. The molecule has 0 aliphatic carbocycles. The van der Waals surface area contributed by atoms with E-state index in [-0.39, 0.29) is 0 Å². The third kappa shape index (κ3) is 3.55. The van der Waals surface area contributed by atoms with Gasteiger partial charge in [0.25, 0.3) is 0 Å². The number of rotatable bonds is 5. The fraction of sp³-hybridized carbons (Fsp3) is 0.625. The van der Waals surface area contributed by atoms with Crippen molar-refractivity contribution in [3.05, 3.63) is 17.2 Å². The SMILES string of the molecule is CCCC1CN(c2cc(OC)c(Cl)cc2OC)C(C)CN1. The Morgan fingerprint density at radius 3 is 2.62 bits per heavy atom. The average molecular weight is 313 g/mol. The summed E-state index contributed by atoms with van der Waals surface area (Å²) in [6.07, 6.45) is 2.36. The lowest BCUT2D eigenvalue weighted by Crippen LogP contribution is -2.55. The van der Waals surface area contributed by atoms with E-state index in [0.717, 1.165) is 24.5 Å². The molecule has 1 aliphatic heterocycles. The lowest BCUT2D eigenvalue weighted by molar-refractivity contribution is 0.372. The largest absolute Gasteiger partial charge is 0.495 e. The maximum atomic E-state index is 6.20. The summed E-state index contributed by atoms with van der Waals surface area (Å²) in [5, 5.41) is 4.18. The molecule has 0 amide bonds. The average Bonchev–Trinajstić information content (AvgIpc) is 2.49. The van der Waals surface area contributed by atoms with Crippen LogP contribution in [0.2, 0.25) is 5.02 Å². The van der Waals surface area contributed by atoms with Crippen molar-refractivity contribution in [2.75, 3.05) is 32.2 Å². The second-order valence-corrected chi connectivity index (χ2v) is 5.96. The molecule has 0 aromatic heterocycles. The molecular weight excluding hydrogens is 288 g/mol. The summed E-state index contributed by atoms with van der Waals surface area (Å²) in [6.45, 7) is 6.38. The van der Waals surface area contributed by atoms with Gasteiger partial charge in [-0.15, -0.1) is 0 Å². The van der Waals surface area contributed by atoms with E-state index in [9.17, 15) is 0 Å². The van der Waals surface area contributed by atoms with Crippen LogP contribution in [0, 0.1) is 0 Å². The van der Waals surface area contributed by atoms with Gasteiger partial charge in [-0.05, 0) is 13.3 Å². The van der Waals surface area contributed by atoms with Crippen LogP contribution in [0.25, 0.3) is 0 Å². The number of anilines is 1. The third-order valence-electron chi connectivity index (χ3n) is 4.05. The number of halogens is 1. The van der Waals surface area contributed by atoms with Crippen LogP contribution in [-0.4, -0.2) is 39.4 Å². The predicted molar refractivity (Wildman–Crippen MR) is 88.1 cm³/mol. The van der Waals surface area contributed by atoms with Crippen LogP contribution in [0.15, 0.2) is 12.1 Å². The standard InChI is InChI=1S/C16H25ClN2O2/c1-5-6-12-10-19(11(2)9-18-12)14-8-15(20-3)13(17)7-16(14)21-4/h7-8,11-12,18H,5-6,9-10H2,1-4H3. The number of ether oxygens (including phenoxy) is 2. The molecular formula is C16H25ClN2O2. The van der Waals surface area contributed by atoms with Crippen molar-refractivity contribution >= 4 is 17.3 Å². The Labute approximate surface area is 132 Å². The Bertz CT molecular complexity index is 482. The molecule has 1 aromatic carbocycles. The molecule has 1 fully saturated rings. The van der Waals surface area contributed by atoms with Gasteiger partial charge >= 0.3 is 0 Å². The topological polar surface area (TPSA) is 33.7 Å². The molecule has 5 heteroatoms. The Morgan fingerprint density at radius 1 is 1.29 bits per heavy atom. The summed E-state index contributed by atoms with van der Waals surface area (Å²) in [7, 11) is 3.32. The summed E-state index contributed by atoms with van der Waals surface area (Å²) in [6, 6.07) is 4.72. The Balaban J connectivity index is 2.33. The zero-order chi connectivity index (χ0) is 15.4. The molecule has 2 rings (SSSR count). The first kappa shape index (κ1) is 16.2. The molecule has 118 valence electrons. The second kappa shape index (κ2) is 7.23. The number of piperazine rings is 1. The zero-order valence-electron chi connectivity index (χ0n) is 13.3. The minimum atomic E-state index is 0.401. The first-order chi connectivity index (χ1) is 10.1. The molecule has 4 nitrogen and oxygen atoms in total. The van der Waals surface area contributed by atoms with Gasteiger partial charge in [-0.1, -0.05) is 24.9 Å². The molecule has 21 heavy (non-hydrogen) atoms. The van der Waals surface area contributed by atoms with Crippen molar-refractivity contribution in [2.24, 2.45) is 0 Å². The van der Waals surface area contributed by atoms with Crippen molar-refractivity contribution in [3.63, 3.8) is 0 Å². The van der Waals surface area contributed by atoms with E-state index in [4.69, 9.17) is 21.1 Å². The normalized spacial score (nSPS) is 22.2. The van der Waals surface area contributed by atoms with Crippen LogP contribution in [0.5, 0.6) is 11.5 Å². The summed E-state index contributed by atoms with van der Waals surface area (Å²) in [5.41, 5.74) is 1.05. The maximum Gasteiger partial charge on any atom is 0.143 e. The van der Waals surface area contributed by atoms with Crippen LogP contribution in [-0.2, 0) is 0 Å². The summed E-state index contributed by atoms with van der Waals surface area (Å²) >= 11 is 6.20. The van der Waals surface area contributed by atoms with Gasteiger partial charge in [0.1, 0.15) is 11.5 Å². The van der Waals surface area contributed by atoms with Crippen LogP contribution < -0.4 is 19.7 Å². The molecule has 1 aromatic rings. The van der Waals surface area contributed by atoms with Gasteiger partial charge in [-0.2, -0.15) is 0 Å². The fourth-order valence-electron chi connectivity index (χ4n) is 2.88. The summed E-state index contributed by atoms with van der Waals surface area (Å²) in [4.78, 5) is 2.38. The fourth-order valence-corrected chi connectivity index (χ4v) is 3.11. The van der Waals surface area contributed by atoms with E-state index in [1.165, 1.54) is 12.8 Å². The van der Waals surface area contributed by atoms with E-state index >= 15 is 0 Å². The number of nitrogens with zero attached hydrogens (tertiary/aromatic N) is 1. The van der Waals surface area contributed by atoms with Crippen molar-refractivity contribution < 1.29 is 9.47 Å². The van der Waals surface area contributed by atoms with Gasteiger partial charge < -0.3 is 19.7 Å². The Kier molecular flexibility index (Phi) is 5.59. The van der Waals surface area contributed by atoms with Crippen molar-refractivity contribution in [3.8, 4) is 11.5 Å². The highest BCUT2D eigenvalue weighted by atomic mass is 35.5. The number of benzene rings is 1. The molecule has 0 spiro atoms. The first-order valence-corrected chi connectivity index (χ1v) is 7.90. The highest BCUT2D eigenvalue weighted by molar-refractivity contribution is 6.32. The molecule has 2 unspecified atom stereocenters. The molecule has 1 heterocycles. The van der Waals surface area contributed by atoms with Crippen LogP contribution >= 0.6 is 11.6 Å². The molecule has 1 aliphatic rings. The van der Waals surface area contributed by atoms with E-state index < -0.39 is 0 Å². The molecule has 0 saturated carbocycles. The highest BCUT2D eigenvalue weighted by Gasteiger charge is 2.27. The lowest BCUT2D eigenvalue weighted by Gasteiger charge is -2.41. The van der Waals surface area contributed by atoms with Crippen molar-refractivity contribution in [2.45, 2.75) is 38.8 Å². The second-order valence-electron chi connectivity index (χ2n) is 5.55. The Morgan fingerprint density at radius 2 is 2.00 bits per heavy atom. The van der Waals surface area contributed by atoms with Crippen LogP contribution in [0.1, 0.15) is 26.7 Å². The van der Waals surface area contributed by atoms with Crippen LogP contribution in [0.4, 0.5) is 5.69 Å². The minimum absolute atomic E-state index is 0.401. The number of methoxy groups -OCH3 is 2. The van der Waals surface area contributed by atoms with Crippen LogP contribution in [0.3, 0.4) is 0 Å². The van der Waals surface area contributed by atoms with Gasteiger partial charge in [-0.25, -0.2) is 0 Å². The van der Waals surface area contributed by atoms with Gasteiger partial charge in [0.15, 0.2) is 0 Å². The molecule has 1 saturated heterocycles. The summed E-state index contributed by atoms with van der Waals surface area (Å²) < 4.78 is 10.9. The van der Waals surface area contributed by atoms with E-state index in [0.29, 0.717) is 22.9 Å². The van der Waals surface area contributed by atoms with Gasteiger partial charge in [0.2, 0.25) is 0 Å². The third-order valence-corrected chi connectivity index (χ3v) is 4.35. The predicted octanol–water partition coefficient (Wildman–Crippen LogP) is 3.32. The van der Waals surface area contributed by atoms with E-state index in [1.807, 2.05) is 12.1 Å².